The van der Waals surface area contributed by atoms with Gasteiger partial charge in [0, 0.05) is 17.5 Å². The van der Waals surface area contributed by atoms with Crippen LogP contribution in [0.1, 0.15) is 38.3 Å². The van der Waals surface area contributed by atoms with Crippen LogP contribution in [0, 0.1) is 0 Å². The summed E-state index contributed by atoms with van der Waals surface area (Å²) in [7, 11) is 0. The zero-order valence-electron chi connectivity index (χ0n) is 11.8. The van der Waals surface area contributed by atoms with Crippen LogP contribution in [-0.4, -0.2) is 14.8 Å². The predicted octanol–water partition coefficient (Wildman–Crippen LogP) is 2.54. The molecule has 2 rings (SSSR count). The molecular formula is C14H20N4OS. The summed E-state index contributed by atoms with van der Waals surface area (Å²) in [6, 6.07) is 8.02. The van der Waals surface area contributed by atoms with Gasteiger partial charge in [-0.2, -0.15) is 0 Å². The Morgan fingerprint density at radius 2 is 2.15 bits per heavy atom. The number of hydrogen-bond donors (Lipinski definition) is 2. The molecule has 1 heterocycles. The SMILES string of the molecule is CCCn1c(Sc2ccccc2C(N)CC)n[nH]c1=O. The minimum Gasteiger partial charge on any atom is -0.324 e. The van der Waals surface area contributed by atoms with E-state index >= 15 is 0 Å². The average Bonchev–Trinajstić information content (AvgIpc) is 2.80. The number of benzene rings is 1. The number of aromatic amines is 1. The second-order valence-corrected chi connectivity index (χ2v) is 5.63. The molecular weight excluding hydrogens is 272 g/mol. The molecule has 0 saturated carbocycles. The third-order valence-corrected chi connectivity index (χ3v) is 4.22. The molecule has 2 aromatic rings. The molecule has 1 aromatic carbocycles. The number of hydrogen-bond acceptors (Lipinski definition) is 4. The fourth-order valence-electron chi connectivity index (χ4n) is 2.00. The minimum atomic E-state index is -0.161. The molecule has 0 aliphatic heterocycles. The van der Waals surface area contributed by atoms with Gasteiger partial charge in [-0.1, -0.05) is 32.0 Å². The number of nitrogens with two attached hydrogens (primary N) is 1. The molecule has 0 aliphatic carbocycles. The lowest BCUT2D eigenvalue weighted by Crippen LogP contribution is -2.17. The molecule has 0 aliphatic rings. The van der Waals surface area contributed by atoms with E-state index in [1.807, 2.05) is 31.2 Å². The normalized spacial score (nSPS) is 12.6. The Labute approximate surface area is 122 Å². The molecule has 3 N–H and O–H groups in total. The summed E-state index contributed by atoms with van der Waals surface area (Å²) in [6.45, 7) is 4.77. The van der Waals surface area contributed by atoms with Crippen molar-refractivity contribution in [3.63, 3.8) is 0 Å². The Hall–Kier alpha value is -1.53. The van der Waals surface area contributed by atoms with Crippen LogP contribution in [0.3, 0.4) is 0 Å². The first-order valence-corrected chi connectivity index (χ1v) is 7.66. The zero-order chi connectivity index (χ0) is 14.5. The van der Waals surface area contributed by atoms with Crippen LogP contribution in [0.25, 0.3) is 0 Å². The topological polar surface area (TPSA) is 76.7 Å². The number of nitrogens with one attached hydrogen (secondary N) is 1. The van der Waals surface area contributed by atoms with Crippen molar-refractivity contribution in [1.29, 1.82) is 0 Å². The largest absolute Gasteiger partial charge is 0.343 e. The van der Waals surface area contributed by atoms with Crippen LogP contribution in [0.5, 0.6) is 0 Å². The number of aromatic nitrogens is 3. The molecule has 1 aromatic heterocycles. The second-order valence-electron chi connectivity index (χ2n) is 4.62. The lowest BCUT2D eigenvalue weighted by Gasteiger charge is -2.14. The molecule has 0 fully saturated rings. The number of H-pyrrole nitrogens is 1. The fourth-order valence-corrected chi connectivity index (χ4v) is 3.06. The van der Waals surface area contributed by atoms with Gasteiger partial charge in [0.1, 0.15) is 0 Å². The number of rotatable bonds is 6. The summed E-state index contributed by atoms with van der Waals surface area (Å²) >= 11 is 1.49. The maximum Gasteiger partial charge on any atom is 0.343 e. The van der Waals surface area contributed by atoms with E-state index < -0.39 is 0 Å². The van der Waals surface area contributed by atoms with Gasteiger partial charge in [0.05, 0.1) is 0 Å². The van der Waals surface area contributed by atoms with Crippen LogP contribution in [0.4, 0.5) is 0 Å². The third-order valence-electron chi connectivity index (χ3n) is 3.13. The Morgan fingerprint density at radius 3 is 2.85 bits per heavy atom. The molecule has 6 heteroatoms. The Bertz CT molecular complexity index is 620. The van der Waals surface area contributed by atoms with E-state index in [9.17, 15) is 4.79 Å². The Kier molecular flexibility index (Phi) is 5.03. The Morgan fingerprint density at radius 1 is 1.40 bits per heavy atom. The maximum atomic E-state index is 11.7. The highest BCUT2D eigenvalue weighted by molar-refractivity contribution is 7.99. The van der Waals surface area contributed by atoms with Crippen molar-refractivity contribution in [2.24, 2.45) is 5.73 Å². The maximum absolute atomic E-state index is 11.7. The quantitative estimate of drug-likeness (QED) is 0.857. The molecule has 108 valence electrons. The Balaban J connectivity index is 2.33. The monoisotopic (exact) mass is 292 g/mol. The van der Waals surface area contributed by atoms with Gasteiger partial charge in [0.25, 0.3) is 0 Å². The van der Waals surface area contributed by atoms with Gasteiger partial charge in [-0.05, 0) is 36.2 Å². The highest BCUT2D eigenvalue weighted by Crippen LogP contribution is 2.31. The molecule has 20 heavy (non-hydrogen) atoms. The van der Waals surface area contributed by atoms with Crippen molar-refractivity contribution < 1.29 is 0 Å². The van der Waals surface area contributed by atoms with Crippen molar-refractivity contribution in [2.75, 3.05) is 0 Å². The van der Waals surface area contributed by atoms with Gasteiger partial charge in [-0.25, -0.2) is 9.89 Å². The first-order chi connectivity index (χ1) is 9.67. The van der Waals surface area contributed by atoms with Crippen molar-refractivity contribution >= 4 is 11.8 Å². The van der Waals surface area contributed by atoms with E-state index in [1.165, 1.54) is 11.8 Å². The van der Waals surface area contributed by atoms with E-state index in [-0.39, 0.29) is 11.7 Å². The summed E-state index contributed by atoms with van der Waals surface area (Å²) in [6.07, 6.45) is 1.77. The summed E-state index contributed by atoms with van der Waals surface area (Å²) in [5, 5.41) is 7.30. The first kappa shape index (κ1) is 14.9. The predicted molar refractivity (Wildman–Crippen MR) is 80.9 cm³/mol. The van der Waals surface area contributed by atoms with Crippen LogP contribution in [-0.2, 0) is 6.54 Å². The van der Waals surface area contributed by atoms with E-state index in [1.54, 1.807) is 4.57 Å². The molecule has 1 unspecified atom stereocenters. The van der Waals surface area contributed by atoms with Gasteiger partial charge in [0.2, 0.25) is 0 Å². The molecule has 0 radical (unpaired) electrons. The van der Waals surface area contributed by atoms with Crippen LogP contribution < -0.4 is 11.4 Å². The van der Waals surface area contributed by atoms with Gasteiger partial charge in [0.15, 0.2) is 5.16 Å². The summed E-state index contributed by atoms with van der Waals surface area (Å²) in [5.74, 6) is 0. The summed E-state index contributed by atoms with van der Waals surface area (Å²) in [4.78, 5) is 12.8. The van der Waals surface area contributed by atoms with Crippen molar-refractivity contribution in [3.8, 4) is 0 Å². The summed E-state index contributed by atoms with van der Waals surface area (Å²) in [5.41, 5.74) is 7.08. The minimum absolute atomic E-state index is 0.00369. The summed E-state index contributed by atoms with van der Waals surface area (Å²) < 4.78 is 1.67. The van der Waals surface area contributed by atoms with E-state index in [4.69, 9.17) is 5.73 Å². The smallest absolute Gasteiger partial charge is 0.324 e. The van der Waals surface area contributed by atoms with Crippen molar-refractivity contribution in [2.45, 2.75) is 49.3 Å². The van der Waals surface area contributed by atoms with Crippen molar-refractivity contribution in [1.82, 2.24) is 14.8 Å². The fraction of sp³-hybridized carbons (Fsp3) is 0.429. The van der Waals surface area contributed by atoms with E-state index in [0.717, 1.165) is 23.3 Å². The van der Waals surface area contributed by atoms with Crippen LogP contribution in [0.15, 0.2) is 39.1 Å². The molecule has 0 amide bonds. The first-order valence-electron chi connectivity index (χ1n) is 6.84. The van der Waals surface area contributed by atoms with Crippen molar-refractivity contribution in [3.05, 3.63) is 40.3 Å². The van der Waals surface area contributed by atoms with Gasteiger partial charge in [-0.3, -0.25) is 4.57 Å². The molecule has 5 nitrogen and oxygen atoms in total. The molecule has 0 saturated heterocycles. The average molecular weight is 292 g/mol. The highest BCUT2D eigenvalue weighted by Gasteiger charge is 2.14. The molecule has 0 spiro atoms. The number of nitrogens with zero attached hydrogens (tertiary/aromatic N) is 2. The molecule has 0 bridgehead atoms. The molecule has 1 atom stereocenters. The second kappa shape index (κ2) is 6.76. The van der Waals surface area contributed by atoms with E-state index in [0.29, 0.717) is 11.7 Å². The zero-order valence-corrected chi connectivity index (χ0v) is 12.6. The van der Waals surface area contributed by atoms with E-state index in [2.05, 4.69) is 17.1 Å². The standard InChI is InChI=1S/C14H20N4OS/c1-3-9-18-13(19)16-17-14(18)20-12-8-6-5-7-10(12)11(15)4-2/h5-8,11H,3-4,9,15H2,1-2H3,(H,16,19). The van der Waals surface area contributed by atoms with Crippen LogP contribution >= 0.6 is 11.8 Å². The lowest BCUT2D eigenvalue weighted by molar-refractivity contribution is 0.603. The highest BCUT2D eigenvalue weighted by atomic mass is 32.2. The van der Waals surface area contributed by atoms with Gasteiger partial charge < -0.3 is 5.73 Å². The van der Waals surface area contributed by atoms with Gasteiger partial charge in [-0.15, -0.1) is 5.10 Å². The third kappa shape index (κ3) is 3.13. The lowest BCUT2D eigenvalue weighted by atomic mass is 10.1. The van der Waals surface area contributed by atoms with Crippen LogP contribution in [0.2, 0.25) is 0 Å². The van der Waals surface area contributed by atoms with Gasteiger partial charge >= 0.3 is 5.69 Å².